The minimum absolute atomic E-state index is 0.186. The van der Waals surface area contributed by atoms with Gasteiger partial charge in [0.05, 0.1) is 12.2 Å². The predicted octanol–water partition coefficient (Wildman–Crippen LogP) is 1.46. The third-order valence-electron chi connectivity index (χ3n) is 2.17. The van der Waals surface area contributed by atoms with Crippen LogP contribution in [-0.4, -0.2) is 29.2 Å². The van der Waals surface area contributed by atoms with Crippen LogP contribution in [0.1, 0.15) is 27.2 Å². The molecule has 76 valence electrons. The first-order valence-corrected chi connectivity index (χ1v) is 4.61. The van der Waals surface area contributed by atoms with Gasteiger partial charge < -0.3 is 14.6 Å². The van der Waals surface area contributed by atoms with Crippen LogP contribution in [0, 0.1) is 0 Å². The minimum atomic E-state index is -0.605. The van der Waals surface area contributed by atoms with Crippen LogP contribution in [0.3, 0.4) is 0 Å². The molecule has 1 saturated heterocycles. The molecule has 0 aliphatic carbocycles. The highest BCUT2D eigenvalue weighted by Crippen LogP contribution is 2.28. The zero-order valence-corrected chi connectivity index (χ0v) is 8.49. The Morgan fingerprint density at radius 2 is 2.08 bits per heavy atom. The van der Waals surface area contributed by atoms with Crippen molar-refractivity contribution in [3.05, 3.63) is 12.7 Å². The molecule has 0 aromatic carbocycles. The van der Waals surface area contributed by atoms with Gasteiger partial charge in [-0.2, -0.15) is 0 Å². The first-order chi connectivity index (χ1) is 5.96. The van der Waals surface area contributed by atoms with E-state index in [1.807, 2.05) is 20.8 Å². The molecule has 0 amide bonds. The van der Waals surface area contributed by atoms with E-state index >= 15 is 0 Å². The maximum atomic E-state index is 9.70. The molecule has 1 rings (SSSR count). The monoisotopic (exact) mass is 186 g/mol. The van der Waals surface area contributed by atoms with Gasteiger partial charge in [0, 0.05) is 0 Å². The number of hydrogen-bond acceptors (Lipinski definition) is 3. The summed E-state index contributed by atoms with van der Waals surface area (Å²) in [5, 5.41) is 9.70. The molecule has 1 aliphatic rings. The van der Waals surface area contributed by atoms with Crippen LogP contribution in [0.15, 0.2) is 12.7 Å². The average molecular weight is 186 g/mol. The molecule has 13 heavy (non-hydrogen) atoms. The van der Waals surface area contributed by atoms with Crippen molar-refractivity contribution < 1.29 is 14.6 Å². The lowest BCUT2D eigenvalue weighted by molar-refractivity contribution is -0.327. The highest BCUT2D eigenvalue weighted by molar-refractivity contribution is 4.87. The van der Waals surface area contributed by atoms with Crippen LogP contribution in [0.2, 0.25) is 0 Å². The Morgan fingerprint density at radius 1 is 1.46 bits per heavy atom. The molecule has 1 N–H and O–H groups in total. The third-order valence-corrected chi connectivity index (χ3v) is 2.17. The highest BCUT2D eigenvalue weighted by Gasteiger charge is 2.39. The summed E-state index contributed by atoms with van der Waals surface area (Å²) in [5.74, 6) is -0.605. The SMILES string of the molecule is C=CC[C@H]1OC(C)(C)O[C@H](C)[C@@H]1O. The van der Waals surface area contributed by atoms with E-state index in [1.54, 1.807) is 6.08 Å². The van der Waals surface area contributed by atoms with Gasteiger partial charge in [0.25, 0.3) is 0 Å². The van der Waals surface area contributed by atoms with Crippen molar-refractivity contribution in [3.63, 3.8) is 0 Å². The zero-order chi connectivity index (χ0) is 10.1. The molecule has 0 saturated carbocycles. The lowest BCUT2D eigenvalue weighted by Gasteiger charge is -2.42. The molecule has 0 unspecified atom stereocenters. The van der Waals surface area contributed by atoms with Crippen LogP contribution < -0.4 is 0 Å². The van der Waals surface area contributed by atoms with Crippen molar-refractivity contribution in [2.75, 3.05) is 0 Å². The van der Waals surface area contributed by atoms with E-state index in [1.165, 1.54) is 0 Å². The normalized spacial score (nSPS) is 38.6. The second-order valence-electron chi connectivity index (χ2n) is 3.89. The Kier molecular flexibility index (Phi) is 3.11. The van der Waals surface area contributed by atoms with Crippen molar-refractivity contribution >= 4 is 0 Å². The maximum Gasteiger partial charge on any atom is 0.163 e. The number of ether oxygens (including phenoxy) is 2. The summed E-state index contributed by atoms with van der Waals surface area (Å²) in [6.45, 7) is 9.19. The summed E-state index contributed by atoms with van der Waals surface area (Å²) in [5.41, 5.74) is 0. The van der Waals surface area contributed by atoms with E-state index in [9.17, 15) is 5.11 Å². The van der Waals surface area contributed by atoms with Crippen LogP contribution >= 0.6 is 0 Å². The summed E-state index contributed by atoms with van der Waals surface area (Å²) in [4.78, 5) is 0. The first-order valence-electron chi connectivity index (χ1n) is 4.61. The standard InChI is InChI=1S/C10H18O3/c1-5-6-8-9(11)7(2)12-10(3,4)13-8/h5,7-9,11H,1,6H2,2-4H3/t7-,8-,9+/m1/s1. The van der Waals surface area contributed by atoms with Crippen molar-refractivity contribution in [3.8, 4) is 0 Å². The van der Waals surface area contributed by atoms with Crippen molar-refractivity contribution in [1.82, 2.24) is 0 Å². The number of hydrogen-bond donors (Lipinski definition) is 1. The molecule has 3 heteroatoms. The summed E-state index contributed by atoms with van der Waals surface area (Å²) < 4.78 is 11.0. The van der Waals surface area contributed by atoms with Gasteiger partial charge in [-0.25, -0.2) is 0 Å². The van der Waals surface area contributed by atoms with Crippen LogP contribution in [-0.2, 0) is 9.47 Å². The van der Waals surface area contributed by atoms with E-state index in [0.29, 0.717) is 6.42 Å². The summed E-state index contributed by atoms with van der Waals surface area (Å²) >= 11 is 0. The lowest BCUT2D eigenvalue weighted by atomic mass is 10.0. The summed E-state index contributed by atoms with van der Waals surface area (Å²) in [6.07, 6.45) is 1.45. The molecular formula is C10H18O3. The van der Waals surface area contributed by atoms with Gasteiger partial charge in [0.2, 0.25) is 0 Å². The van der Waals surface area contributed by atoms with Gasteiger partial charge in [-0.1, -0.05) is 6.08 Å². The van der Waals surface area contributed by atoms with Gasteiger partial charge in [-0.05, 0) is 27.2 Å². The van der Waals surface area contributed by atoms with Crippen molar-refractivity contribution in [2.24, 2.45) is 0 Å². The smallest absolute Gasteiger partial charge is 0.163 e. The Morgan fingerprint density at radius 3 is 2.62 bits per heavy atom. The van der Waals surface area contributed by atoms with E-state index in [0.717, 1.165) is 0 Å². The fourth-order valence-electron chi connectivity index (χ4n) is 1.63. The fraction of sp³-hybridized carbons (Fsp3) is 0.800. The third kappa shape index (κ3) is 2.53. The fourth-order valence-corrected chi connectivity index (χ4v) is 1.63. The molecule has 1 fully saturated rings. The molecule has 0 aromatic rings. The lowest BCUT2D eigenvalue weighted by Crippen LogP contribution is -2.52. The maximum absolute atomic E-state index is 9.70. The van der Waals surface area contributed by atoms with Crippen LogP contribution in [0.4, 0.5) is 0 Å². The topological polar surface area (TPSA) is 38.7 Å². The largest absolute Gasteiger partial charge is 0.388 e. The van der Waals surface area contributed by atoms with E-state index in [4.69, 9.17) is 9.47 Å². The molecule has 0 spiro atoms. The van der Waals surface area contributed by atoms with E-state index in [-0.39, 0.29) is 12.2 Å². The quantitative estimate of drug-likeness (QED) is 0.664. The van der Waals surface area contributed by atoms with Gasteiger partial charge >= 0.3 is 0 Å². The van der Waals surface area contributed by atoms with Gasteiger partial charge in [-0.15, -0.1) is 6.58 Å². The van der Waals surface area contributed by atoms with Crippen molar-refractivity contribution in [1.29, 1.82) is 0 Å². The van der Waals surface area contributed by atoms with Crippen LogP contribution in [0.5, 0.6) is 0 Å². The van der Waals surface area contributed by atoms with E-state index in [2.05, 4.69) is 6.58 Å². The predicted molar refractivity (Wildman–Crippen MR) is 50.3 cm³/mol. The number of aliphatic hydroxyl groups excluding tert-OH is 1. The Hall–Kier alpha value is -0.380. The van der Waals surface area contributed by atoms with Crippen LogP contribution in [0.25, 0.3) is 0 Å². The molecule has 3 atom stereocenters. The Labute approximate surface area is 79.3 Å². The van der Waals surface area contributed by atoms with Gasteiger partial charge in [-0.3, -0.25) is 0 Å². The molecule has 3 nitrogen and oxygen atoms in total. The minimum Gasteiger partial charge on any atom is -0.388 e. The number of aliphatic hydroxyl groups is 1. The van der Waals surface area contributed by atoms with Crippen molar-refractivity contribution in [2.45, 2.75) is 51.3 Å². The summed E-state index contributed by atoms with van der Waals surface area (Å²) in [7, 11) is 0. The second kappa shape index (κ2) is 3.78. The second-order valence-corrected chi connectivity index (χ2v) is 3.89. The molecule has 1 heterocycles. The van der Waals surface area contributed by atoms with Gasteiger partial charge in [0.15, 0.2) is 5.79 Å². The number of rotatable bonds is 2. The Bertz CT molecular complexity index is 189. The molecular weight excluding hydrogens is 168 g/mol. The van der Waals surface area contributed by atoms with Gasteiger partial charge in [0.1, 0.15) is 6.10 Å². The van der Waals surface area contributed by atoms with E-state index < -0.39 is 11.9 Å². The summed E-state index contributed by atoms with van der Waals surface area (Å²) in [6, 6.07) is 0. The molecule has 0 bridgehead atoms. The first kappa shape index (κ1) is 10.7. The Balaban J connectivity index is 2.66. The zero-order valence-electron chi connectivity index (χ0n) is 8.49. The average Bonchev–Trinajstić information content (AvgIpc) is 1.99. The molecule has 0 aromatic heterocycles. The highest BCUT2D eigenvalue weighted by atomic mass is 16.7. The molecule has 1 aliphatic heterocycles. The molecule has 0 radical (unpaired) electrons.